The van der Waals surface area contributed by atoms with Gasteiger partial charge in [0.15, 0.2) is 0 Å². The van der Waals surface area contributed by atoms with Gasteiger partial charge in [-0.15, -0.1) is 0 Å². The van der Waals surface area contributed by atoms with Crippen molar-refractivity contribution >= 4 is 60.6 Å². The maximum Gasteiger partial charge on any atom is 0.279 e. The number of anilines is 1. The molecule has 0 aliphatic carbocycles. The number of halogens is 2. The van der Waals surface area contributed by atoms with E-state index in [1.54, 1.807) is 24.4 Å². The number of hydrogen-bond donors (Lipinski definition) is 1. The number of likely N-dealkylation sites (tertiary alicyclic amines) is 2. The van der Waals surface area contributed by atoms with Crippen LogP contribution in [-0.2, 0) is 31.6 Å². The summed E-state index contributed by atoms with van der Waals surface area (Å²) in [6.07, 6.45) is 5.86. The topological polar surface area (TPSA) is 143 Å². The van der Waals surface area contributed by atoms with Gasteiger partial charge in [0.1, 0.15) is 54.9 Å². The van der Waals surface area contributed by atoms with Crippen LogP contribution in [-0.4, -0.2) is 110 Å². The van der Waals surface area contributed by atoms with Gasteiger partial charge in [-0.05, 0) is 104 Å². The summed E-state index contributed by atoms with van der Waals surface area (Å²) in [5.41, 5.74) is 6.16. The standard InChI is InChI=1S/C31H32FN5O2S.C17H15FN4O2S.V/c32-23-10-13-37(18-23)17-20-14-27-31(33-16-20)40-30(35-27)25-6-1-2-7-26(25)34-29(38)22-4-3-5-24(15-22)39-28-19-36-11-8-21(28)9-12-36;18-12-5-6-21(10-12)9-11-7-14-17(19-8-11)25-16(20-14)13-3-1-2-4-15(13)22(23)24;/h1-7,14-16,21,23,28H,8-13,17-19H2,(H,34,38);1-4,7-8,12H,5-6,9-10H2;/t23-,28?;12-;/m11./s1. The maximum atomic E-state index is 13.6. The van der Waals surface area contributed by atoms with Crippen molar-refractivity contribution in [1.29, 1.82) is 0 Å². The largest absolute Gasteiger partial charge is 0.489 e. The fourth-order valence-corrected chi connectivity index (χ4v) is 11.1. The molecule has 9 heterocycles. The van der Waals surface area contributed by atoms with E-state index in [1.165, 1.54) is 41.6 Å². The molecule has 7 aromatic rings. The predicted molar refractivity (Wildman–Crippen MR) is 250 cm³/mol. The predicted octanol–water partition coefficient (Wildman–Crippen LogP) is 9.44. The number of carbonyl (C=O) groups excluding carboxylic acids is 1. The van der Waals surface area contributed by atoms with Gasteiger partial charge in [-0.2, -0.15) is 0 Å². The Morgan fingerprint density at radius 3 is 1.91 bits per heavy atom. The number of nitrogens with one attached hydrogen (secondary N) is 1. The van der Waals surface area contributed by atoms with Gasteiger partial charge < -0.3 is 10.1 Å². The number of nitro benzene ring substituents is 1. The number of amides is 1. The Morgan fingerprint density at radius 1 is 0.742 bits per heavy atom. The number of thiazole rings is 2. The second kappa shape index (κ2) is 20.3. The number of fused-ring (bicyclic) bond motifs is 5. The average molecular weight is 967 g/mol. The van der Waals surface area contributed by atoms with E-state index in [0.717, 1.165) is 75.3 Å². The first kappa shape index (κ1) is 45.9. The summed E-state index contributed by atoms with van der Waals surface area (Å²) >= 11 is 2.83. The number of para-hydroxylation sites is 2. The number of carbonyl (C=O) groups is 1. The van der Waals surface area contributed by atoms with Crippen LogP contribution in [0.2, 0.25) is 0 Å². The van der Waals surface area contributed by atoms with Gasteiger partial charge in [-0.3, -0.25) is 29.6 Å². The van der Waals surface area contributed by atoms with Gasteiger partial charge in [0.25, 0.3) is 11.6 Å². The van der Waals surface area contributed by atoms with Crippen LogP contribution in [0.1, 0.15) is 47.2 Å². The van der Waals surface area contributed by atoms with Crippen molar-refractivity contribution in [2.75, 3.05) is 51.1 Å². The third-order valence-corrected chi connectivity index (χ3v) is 14.6. The van der Waals surface area contributed by atoms with E-state index >= 15 is 0 Å². The van der Waals surface area contributed by atoms with Crippen molar-refractivity contribution < 1.29 is 41.8 Å². The van der Waals surface area contributed by atoms with Crippen LogP contribution in [0.3, 0.4) is 0 Å². The Labute approximate surface area is 400 Å². The van der Waals surface area contributed by atoms with Gasteiger partial charge in [-0.1, -0.05) is 53.0 Å². The molecule has 13 nitrogen and oxygen atoms in total. The van der Waals surface area contributed by atoms with Crippen molar-refractivity contribution in [1.82, 2.24) is 34.6 Å². The summed E-state index contributed by atoms with van der Waals surface area (Å²) in [6.45, 7) is 7.05. The second-order valence-corrected chi connectivity index (χ2v) is 19.2. The minimum absolute atomic E-state index is 0. The summed E-state index contributed by atoms with van der Waals surface area (Å²) in [4.78, 5) is 50.8. The number of ether oxygens (including phenoxy) is 1. The molecule has 3 atom stereocenters. The Bertz CT molecular complexity index is 2860. The number of aromatic nitrogens is 4. The minimum Gasteiger partial charge on any atom is -0.489 e. The van der Waals surface area contributed by atoms with Crippen molar-refractivity contribution in [2.24, 2.45) is 5.92 Å². The molecule has 339 valence electrons. The molecule has 1 radical (unpaired) electrons. The van der Waals surface area contributed by atoms with Gasteiger partial charge in [0.2, 0.25) is 0 Å². The third-order valence-electron chi connectivity index (χ3n) is 12.6. The second-order valence-electron chi connectivity index (χ2n) is 17.2. The van der Waals surface area contributed by atoms with Crippen molar-refractivity contribution in [3.05, 3.63) is 124 Å². The number of alkyl halides is 2. The summed E-state index contributed by atoms with van der Waals surface area (Å²) in [7, 11) is 0. The van der Waals surface area contributed by atoms with Crippen LogP contribution in [0.25, 0.3) is 41.8 Å². The zero-order valence-corrected chi connectivity index (χ0v) is 39.0. The molecule has 1 N–H and O–H groups in total. The average Bonchev–Trinajstić information content (AvgIpc) is 4.14. The van der Waals surface area contributed by atoms with E-state index in [2.05, 4.69) is 35.0 Å². The molecule has 0 saturated carbocycles. The first-order valence-electron chi connectivity index (χ1n) is 22.0. The van der Waals surface area contributed by atoms with Crippen LogP contribution in [0.15, 0.2) is 97.3 Å². The molecule has 5 aliphatic heterocycles. The number of pyridine rings is 2. The fraction of sp³-hybridized carbons (Fsp3) is 0.354. The van der Waals surface area contributed by atoms with Crippen molar-refractivity contribution in [2.45, 2.75) is 57.2 Å². The number of benzene rings is 3. The molecule has 5 saturated heterocycles. The number of hydrogen-bond acceptors (Lipinski definition) is 13. The van der Waals surface area contributed by atoms with Gasteiger partial charge in [0, 0.05) is 94.0 Å². The third kappa shape index (κ3) is 10.5. The minimum atomic E-state index is -0.749. The van der Waals surface area contributed by atoms with Crippen molar-refractivity contribution in [3.8, 4) is 26.9 Å². The molecule has 3 aromatic carbocycles. The molecule has 1 amide bonds. The number of piperidine rings is 3. The van der Waals surface area contributed by atoms with E-state index in [-0.39, 0.29) is 36.3 Å². The molecule has 5 aliphatic rings. The molecule has 0 spiro atoms. The number of rotatable bonds is 11. The van der Waals surface area contributed by atoms with E-state index in [0.29, 0.717) is 72.3 Å². The maximum absolute atomic E-state index is 13.6. The molecule has 4 aromatic heterocycles. The Morgan fingerprint density at radius 2 is 1.33 bits per heavy atom. The fourth-order valence-electron chi connectivity index (χ4n) is 9.22. The van der Waals surface area contributed by atoms with E-state index < -0.39 is 17.3 Å². The van der Waals surface area contributed by atoms with Crippen LogP contribution >= 0.6 is 22.7 Å². The van der Waals surface area contributed by atoms with Crippen LogP contribution in [0.4, 0.5) is 20.2 Å². The Balaban J connectivity index is 0.000000181. The van der Waals surface area contributed by atoms with Crippen molar-refractivity contribution in [3.63, 3.8) is 0 Å². The van der Waals surface area contributed by atoms with E-state index in [9.17, 15) is 23.7 Å². The molecule has 2 bridgehead atoms. The molecular weight excluding hydrogens is 920 g/mol. The van der Waals surface area contributed by atoms with E-state index in [1.807, 2.05) is 66.9 Å². The molecule has 66 heavy (non-hydrogen) atoms. The number of nitrogens with zero attached hydrogens (tertiary/aromatic N) is 8. The van der Waals surface area contributed by atoms with Crippen LogP contribution in [0, 0.1) is 16.0 Å². The summed E-state index contributed by atoms with van der Waals surface area (Å²) in [5.74, 6) is 1.14. The zero-order valence-electron chi connectivity index (χ0n) is 36.0. The SMILES string of the molecule is O=C(Nc1ccccc1-c1nc2cc(CN3CC[C@@H](F)C3)cnc2s1)c1cccc(OC2CN3CCC2CC3)c1.O=[N+]([O-])c1ccccc1-c1nc2cc(CN3CC[C@@H](F)C3)cnc2s1.[V]. The van der Waals surface area contributed by atoms with Crippen LogP contribution < -0.4 is 10.1 Å². The molecule has 1 unspecified atom stereocenters. The summed E-state index contributed by atoms with van der Waals surface area (Å²) in [5, 5.41) is 15.7. The monoisotopic (exact) mass is 966 g/mol. The van der Waals surface area contributed by atoms with E-state index in [4.69, 9.17) is 9.72 Å². The molecule has 12 rings (SSSR count). The smallest absolute Gasteiger partial charge is 0.279 e. The zero-order chi connectivity index (χ0) is 44.4. The Kier molecular flexibility index (Phi) is 14.1. The van der Waals surface area contributed by atoms with Gasteiger partial charge in [-0.25, -0.2) is 28.7 Å². The normalized spacial score (nSPS) is 21.6. The quantitative estimate of drug-likeness (QED) is 0.0979. The first-order chi connectivity index (χ1) is 31.7. The van der Waals surface area contributed by atoms with Gasteiger partial charge in [0.05, 0.1) is 16.2 Å². The summed E-state index contributed by atoms with van der Waals surface area (Å²) in [6, 6.07) is 25.7. The Hall–Kier alpha value is -5.27. The molecule has 18 heteroatoms. The number of nitro groups is 1. The summed E-state index contributed by atoms with van der Waals surface area (Å²) < 4.78 is 33.3. The molecular formula is C48H47F2N9O4S2V. The first-order valence-corrected chi connectivity index (χ1v) is 23.7. The van der Waals surface area contributed by atoms with Crippen LogP contribution in [0.5, 0.6) is 5.75 Å². The molecule has 5 fully saturated rings. The van der Waals surface area contributed by atoms with Gasteiger partial charge >= 0.3 is 0 Å².